The van der Waals surface area contributed by atoms with Crippen molar-refractivity contribution in [2.45, 2.75) is 109 Å². The Labute approximate surface area is 277 Å². The first-order valence-electron chi connectivity index (χ1n) is 17.9. The molecule has 0 aliphatic heterocycles. The van der Waals surface area contributed by atoms with Crippen LogP contribution in [0.4, 0.5) is 0 Å². The first-order valence-corrected chi connectivity index (χ1v) is 20.5. The van der Waals surface area contributed by atoms with Crippen LogP contribution in [0.15, 0.2) is 121 Å². The minimum atomic E-state index is -0.701. The Balaban J connectivity index is 1.32. The fraction of sp³-hybridized carbons (Fsp3) is 0.429. The SMILES string of the molecule is CCCCCCCCCCCC[C@H]1CC[C@@H](N(P(c2ccccc2)c2ccccc2)P(c2ccccc2)c2ccccc2)CC1. The van der Waals surface area contributed by atoms with Crippen molar-refractivity contribution in [3.05, 3.63) is 121 Å². The molecule has 0 atom stereocenters. The van der Waals surface area contributed by atoms with Crippen molar-refractivity contribution in [1.82, 2.24) is 4.44 Å². The summed E-state index contributed by atoms with van der Waals surface area (Å²) in [5, 5.41) is 5.85. The van der Waals surface area contributed by atoms with E-state index in [-0.39, 0.29) is 0 Å². The smallest absolute Gasteiger partial charge is 0.0325 e. The van der Waals surface area contributed by atoms with Gasteiger partial charge in [-0.3, -0.25) is 0 Å². The molecule has 45 heavy (non-hydrogen) atoms. The second-order valence-electron chi connectivity index (χ2n) is 12.9. The molecule has 1 saturated carbocycles. The number of rotatable bonds is 18. The highest BCUT2D eigenvalue weighted by atomic mass is 31.2. The van der Waals surface area contributed by atoms with Crippen LogP contribution in [-0.2, 0) is 0 Å². The summed E-state index contributed by atoms with van der Waals surface area (Å²) in [6.45, 7) is 2.31. The van der Waals surface area contributed by atoms with E-state index in [0.29, 0.717) is 6.04 Å². The van der Waals surface area contributed by atoms with Gasteiger partial charge in [0.05, 0.1) is 0 Å². The van der Waals surface area contributed by atoms with E-state index in [1.165, 1.54) is 118 Å². The predicted molar refractivity (Wildman–Crippen MR) is 202 cm³/mol. The van der Waals surface area contributed by atoms with Crippen molar-refractivity contribution in [1.29, 1.82) is 0 Å². The molecule has 238 valence electrons. The largest absolute Gasteiger partial charge is 0.242 e. The summed E-state index contributed by atoms with van der Waals surface area (Å²) in [5.41, 5.74) is 0. The van der Waals surface area contributed by atoms with Crippen molar-refractivity contribution >= 4 is 37.4 Å². The van der Waals surface area contributed by atoms with Gasteiger partial charge in [-0.15, -0.1) is 0 Å². The van der Waals surface area contributed by atoms with Gasteiger partial charge in [-0.25, -0.2) is 4.44 Å². The molecular weight excluding hydrogens is 580 g/mol. The second-order valence-corrected chi connectivity index (χ2v) is 17.4. The van der Waals surface area contributed by atoms with Crippen LogP contribution in [0.5, 0.6) is 0 Å². The highest BCUT2D eigenvalue weighted by molar-refractivity contribution is 7.84. The normalized spacial score (nSPS) is 16.9. The monoisotopic (exact) mass is 635 g/mol. The molecule has 0 unspecified atom stereocenters. The number of hydrogen-bond acceptors (Lipinski definition) is 1. The minimum absolute atomic E-state index is 0.576. The zero-order chi connectivity index (χ0) is 30.9. The first-order chi connectivity index (χ1) is 22.3. The van der Waals surface area contributed by atoms with E-state index in [1.807, 2.05) is 0 Å². The summed E-state index contributed by atoms with van der Waals surface area (Å²) in [7, 11) is -1.40. The highest BCUT2D eigenvalue weighted by Gasteiger charge is 2.38. The number of unbranched alkanes of at least 4 members (excludes halogenated alkanes) is 9. The Hall–Kier alpha value is -2.30. The molecule has 4 aromatic rings. The first kappa shape index (κ1) is 34.0. The van der Waals surface area contributed by atoms with Crippen molar-refractivity contribution in [2.24, 2.45) is 5.92 Å². The third kappa shape index (κ3) is 10.3. The molecule has 3 heteroatoms. The van der Waals surface area contributed by atoms with Gasteiger partial charge in [0.25, 0.3) is 0 Å². The summed E-state index contributed by atoms with van der Waals surface area (Å²) in [4.78, 5) is 0. The molecule has 1 fully saturated rings. The van der Waals surface area contributed by atoms with Gasteiger partial charge >= 0.3 is 0 Å². The van der Waals surface area contributed by atoms with E-state index >= 15 is 0 Å². The summed E-state index contributed by atoms with van der Waals surface area (Å²) < 4.78 is 3.04. The topological polar surface area (TPSA) is 3.24 Å². The van der Waals surface area contributed by atoms with Crippen LogP contribution < -0.4 is 21.2 Å². The number of nitrogens with zero attached hydrogens (tertiary/aromatic N) is 1. The fourth-order valence-corrected chi connectivity index (χ4v) is 13.5. The lowest BCUT2D eigenvalue weighted by molar-refractivity contribution is 0.262. The third-order valence-corrected chi connectivity index (χ3v) is 15.2. The van der Waals surface area contributed by atoms with E-state index in [1.54, 1.807) is 0 Å². The van der Waals surface area contributed by atoms with E-state index < -0.39 is 16.1 Å². The number of hydrogen-bond donors (Lipinski definition) is 0. The molecule has 0 spiro atoms. The zero-order valence-corrected chi connectivity index (χ0v) is 29.4. The predicted octanol–water partition coefficient (Wildman–Crippen LogP) is 11.3. The Morgan fingerprint density at radius 3 is 1.13 bits per heavy atom. The third-order valence-electron chi connectivity index (χ3n) is 9.52. The summed E-state index contributed by atoms with van der Waals surface area (Å²) in [5.74, 6) is 0.900. The van der Waals surface area contributed by atoms with Crippen LogP contribution in [0.2, 0.25) is 0 Å². The molecule has 1 aliphatic carbocycles. The maximum atomic E-state index is 3.04. The maximum absolute atomic E-state index is 3.04. The Morgan fingerprint density at radius 1 is 0.444 bits per heavy atom. The van der Waals surface area contributed by atoms with E-state index in [9.17, 15) is 0 Å². The van der Waals surface area contributed by atoms with Crippen molar-refractivity contribution in [3.63, 3.8) is 0 Å². The average Bonchev–Trinajstić information content (AvgIpc) is 3.11. The Bertz CT molecular complexity index is 1140. The quantitative estimate of drug-likeness (QED) is 0.0777. The molecule has 5 rings (SSSR count). The maximum Gasteiger partial charge on any atom is 0.0325 e. The molecular formula is C42H55NP2. The molecule has 0 aromatic heterocycles. The van der Waals surface area contributed by atoms with Gasteiger partial charge in [-0.2, -0.15) is 0 Å². The molecule has 0 saturated heterocycles. The lowest BCUT2D eigenvalue weighted by Crippen LogP contribution is -2.40. The van der Waals surface area contributed by atoms with Gasteiger partial charge in [-0.05, 0) is 52.8 Å². The molecule has 4 aromatic carbocycles. The lowest BCUT2D eigenvalue weighted by Gasteiger charge is -2.46. The second kappa shape index (κ2) is 19.4. The van der Waals surface area contributed by atoms with Crippen LogP contribution in [0.3, 0.4) is 0 Å². The Kier molecular flexibility index (Phi) is 14.7. The highest BCUT2D eigenvalue weighted by Crippen LogP contribution is 2.58. The van der Waals surface area contributed by atoms with Crippen LogP contribution in [0.1, 0.15) is 103 Å². The molecule has 1 aliphatic rings. The van der Waals surface area contributed by atoms with E-state index in [0.717, 1.165) is 5.92 Å². The summed E-state index contributed by atoms with van der Waals surface area (Å²) in [6, 6.07) is 46.2. The van der Waals surface area contributed by atoms with E-state index in [4.69, 9.17) is 0 Å². The van der Waals surface area contributed by atoms with Crippen LogP contribution in [0.25, 0.3) is 0 Å². The summed E-state index contributed by atoms with van der Waals surface area (Å²) >= 11 is 0. The van der Waals surface area contributed by atoms with Gasteiger partial charge in [-0.1, -0.05) is 199 Å². The van der Waals surface area contributed by atoms with Gasteiger partial charge < -0.3 is 0 Å². The molecule has 0 N–H and O–H groups in total. The lowest BCUT2D eigenvalue weighted by atomic mass is 9.83. The van der Waals surface area contributed by atoms with Crippen LogP contribution in [0, 0.1) is 5.92 Å². The molecule has 0 amide bonds. The van der Waals surface area contributed by atoms with Crippen LogP contribution >= 0.6 is 16.1 Å². The Morgan fingerprint density at radius 2 is 0.778 bits per heavy atom. The fourth-order valence-electron chi connectivity index (χ4n) is 7.05. The minimum Gasteiger partial charge on any atom is -0.242 e. The van der Waals surface area contributed by atoms with Gasteiger partial charge in [0, 0.05) is 22.2 Å². The molecule has 0 radical (unpaired) electrons. The number of benzene rings is 4. The summed E-state index contributed by atoms with van der Waals surface area (Å²) in [6.07, 6.45) is 21.1. The van der Waals surface area contributed by atoms with Crippen molar-refractivity contribution in [3.8, 4) is 0 Å². The average molecular weight is 636 g/mol. The molecule has 1 nitrogen and oxygen atoms in total. The molecule has 0 bridgehead atoms. The van der Waals surface area contributed by atoms with Crippen LogP contribution in [-0.4, -0.2) is 10.5 Å². The van der Waals surface area contributed by atoms with Crippen molar-refractivity contribution in [2.75, 3.05) is 0 Å². The molecule has 0 heterocycles. The van der Waals surface area contributed by atoms with Gasteiger partial charge in [0.15, 0.2) is 0 Å². The zero-order valence-electron chi connectivity index (χ0n) is 27.6. The van der Waals surface area contributed by atoms with Gasteiger partial charge in [0.1, 0.15) is 0 Å². The van der Waals surface area contributed by atoms with E-state index in [2.05, 4.69) is 133 Å². The standard InChI is InChI=1S/C42H55NP2/c1-2-3-4-5-6-7-8-9-10-15-24-37-33-35-38(36-34-37)43(44(39-25-16-11-17-26-39)40-27-18-12-19-28-40)45(41-29-20-13-21-30-41)42-31-22-14-23-32-42/h11-14,16-23,25-32,37-38H,2-10,15,24,33-36H2,1H3/t37-,38+. The van der Waals surface area contributed by atoms with Crippen molar-refractivity contribution < 1.29 is 0 Å². The van der Waals surface area contributed by atoms with Gasteiger partial charge in [0.2, 0.25) is 0 Å².